The fourth-order valence-corrected chi connectivity index (χ4v) is 2.96. The van der Waals surface area contributed by atoms with Crippen molar-refractivity contribution in [1.82, 2.24) is 9.78 Å². The van der Waals surface area contributed by atoms with Crippen LogP contribution in [0.25, 0.3) is 11.3 Å². The van der Waals surface area contributed by atoms with Crippen molar-refractivity contribution in [3.05, 3.63) is 65.1 Å². The second kappa shape index (κ2) is 7.80. The summed E-state index contributed by atoms with van der Waals surface area (Å²) < 4.78 is 15.2. The van der Waals surface area contributed by atoms with Crippen molar-refractivity contribution in [2.75, 3.05) is 10.6 Å². The molecule has 5 nitrogen and oxygen atoms in total. The Bertz CT molecular complexity index is 984. The summed E-state index contributed by atoms with van der Waals surface area (Å²) in [5, 5.41) is 9.74. The second-order valence-electron chi connectivity index (χ2n) is 6.49. The maximum Gasteiger partial charge on any atom is 0.323 e. The van der Waals surface area contributed by atoms with Gasteiger partial charge in [-0.15, -0.1) is 0 Å². The number of carbonyl (C=O) groups is 1. The van der Waals surface area contributed by atoms with Gasteiger partial charge in [-0.1, -0.05) is 17.7 Å². The molecule has 0 saturated carbocycles. The third-order valence-corrected chi connectivity index (χ3v) is 4.40. The summed E-state index contributed by atoms with van der Waals surface area (Å²) in [4.78, 5) is 12.3. The van der Waals surface area contributed by atoms with E-state index in [-0.39, 0.29) is 11.1 Å². The highest BCUT2D eigenvalue weighted by Gasteiger charge is 2.12. The number of nitrogens with zero attached hydrogens (tertiary/aromatic N) is 2. The molecular weight excluding hydrogens is 367 g/mol. The van der Waals surface area contributed by atoms with Crippen LogP contribution in [0.1, 0.15) is 25.5 Å². The van der Waals surface area contributed by atoms with Crippen molar-refractivity contribution in [2.45, 2.75) is 26.8 Å². The van der Waals surface area contributed by atoms with Crippen LogP contribution >= 0.6 is 11.6 Å². The first-order chi connectivity index (χ1) is 12.8. The second-order valence-corrected chi connectivity index (χ2v) is 6.90. The van der Waals surface area contributed by atoms with Gasteiger partial charge in [-0.05, 0) is 62.7 Å². The lowest BCUT2D eigenvalue weighted by Gasteiger charge is -2.15. The van der Waals surface area contributed by atoms with Gasteiger partial charge in [0.15, 0.2) is 0 Å². The Labute approximate surface area is 162 Å². The normalized spacial score (nSPS) is 10.9. The van der Waals surface area contributed by atoms with Gasteiger partial charge in [-0.2, -0.15) is 5.10 Å². The van der Waals surface area contributed by atoms with Crippen LogP contribution in [-0.2, 0) is 0 Å². The minimum absolute atomic E-state index is 0.0487. The van der Waals surface area contributed by atoms with E-state index >= 15 is 0 Å². The molecule has 0 aliphatic rings. The molecule has 0 fully saturated rings. The van der Waals surface area contributed by atoms with Crippen molar-refractivity contribution in [2.24, 2.45) is 0 Å². The summed E-state index contributed by atoms with van der Waals surface area (Å²) >= 11 is 5.74. The van der Waals surface area contributed by atoms with E-state index in [2.05, 4.69) is 29.6 Å². The SMILES string of the molecule is Cc1ccc(NC(=O)Nc2ccc(F)c(Cl)c2)cc1-c1ccnn1C(C)C. The molecule has 3 aromatic rings. The molecule has 3 rings (SSSR count). The Morgan fingerprint density at radius 1 is 1.11 bits per heavy atom. The Kier molecular flexibility index (Phi) is 5.46. The van der Waals surface area contributed by atoms with Crippen LogP contribution in [0.3, 0.4) is 0 Å². The first-order valence-corrected chi connectivity index (χ1v) is 8.90. The lowest BCUT2D eigenvalue weighted by Crippen LogP contribution is -2.19. The summed E-state index contributed by atoms with van der Waals surface area (Å²) in [6.45, 7) is 6.14. The Morgan fingerprint density at radius 2 is 1.78 bits per heavy atom. The number of urea groups is 1. The number of hydrogen-bond acceptors (Lipinski definition) is 2. The smallest absolute Gasteiger partial charge is 0.308 e. The molecule has 2 N–H and O–H groups in total. The van der Waals surface area contributed by atoms with Crippen molar-refractivity contribution in [3.63, 3.8) is 0 Å². The zero-order valence-electron chi connectivity index (χ0n) is 15.3. The van der Waals surface area contributed by atoms with Crippen LogP contribution in [0.4, 0.5) is 20.6 Å². The van der Waals surface area contributed by atoms with Crippen molar-refractivity contribution >= 4 is 29.0 Å². The number of anilines is 2. The molecule has 2 amide bonds. The number of benzene rings is 2. The number of amides is 2. The maximum absolute atomic E-state index is 13.2. The van der Waals surface area contributed by atoms with Crippen LogP contribution in [-0.4, -0.2) is 15.8 Å². The molecule has 27 heavy (non-hydrogen) atoms. The molecular formula is C20H20ClFN4O. The zero-order valence-corrected chi connectivity index (χ0v) is 16.0. The Hall–Kier alpha value is -2.86. The van der Waals surface area contributed by atoms with Gasteiger partial charge in [0.05, 0.1) is 10.7 Å². The summed E-state index contributed by atoms with van der Waals surface area (Å²) in [7, 11) is 0. The van der Waals surface area contributed by atoms with E-state index in [4.69, 9.17) is 11.6 Å². The molecule has 2 aromatic carbocycles. The predicted octanol–water partition coefficient (Wildman–Crippen LogP) is 5.88. The molecule has 140 valence electrons. The lowest BCUT2D eigenvalue weighted by molar-refractivity contribution is 0.262. The molecule has 0 bridgehead atoms. The third kappa shape index (κ3) is 4.28. The standard InChI is InChI=1S/C20H20ClFN4O/c1-12(2)26-19(8-9-23-26)16-10-14(5-4-13(16)3)24-20(27)25-15-6-7-18(22)17(21)11-15/h4-12H,1-3H3,(H2,24,25,27). The van der Waals surface area contributed by atoms with Gasteiger partial charge in [-0.3, -0.25) is 4.68 Å². The quantitative estimate of drug-likeness (QED) is 0.588. The predicted molar refractivity (Wildman–Crippen MR) is 107 cm³/mol. The first-order valence-electron chi connectivity index (χ1n) is 8.52. The lowest BCUT2D eigenvalue weighted by atomic mass is 10.0. The van der Waals surface area contributed by atoms with Gasteiger partial charge in [0.1, 0.15) is 5.82 Å². The van der Waals surface area contributed by atoms with Gasteiger partial charge >= 0.3 is 6.03 Å². The average Bonchev–Trinajstić information content (AvgIpc) is 3.09. The fraction of sp³-hybridized carbons (Fsp3) is 0.200. The topological polar surface area (TPSA) is 59.0 Å². The molecule has 0 unspecified atom stereocenters. The van der Waals surface area contributed by atoms with E-state index in [9.17, 15) is 9.18 Å². The third-order valence-electron chi connectivity index (χ3n) is 4.11. The molecule has 0 saturated heterocycles. The van der Waals surface area contributed by atoms with Gasteiger partial charge in [-0.25, -0.2) is 9.18 Å². The highest BCUT2D eigenvalue weighted by Crippen LogP contribution is 2.28. The molecule has 1 aromatic heterocycles. The van der Waals surface area contributed by atoms with Crippen LogP contribution < -0.4 is 10.6 Å². The number of carbonyl (C=O) groups excluding carboxylic acids is 1. The average molecular weight is 387 g/mol. The highest BCUT2D eigenvalue weighted by atomic mass is 35.5. The fourth-order valence-electron chi connectivity index (χ4n) is 2.78. The number of halogens is 2. The number of nitrogens with one attached hydrogen (secondary N) is 2. The molecule has 7 heteroatoms. The van der Waals surface area contributed by atoms with Crippen LogP contribution in [0.2, 0.25) is 5.02 Å². The van der Waals surface area contributed by atoms with Gasteiger partial charge in [0, 0.05) is 29.2 Å². The van der Waals surface area contributed by atoms with Gasteiger partial charge in [0.2, 0.25) is 0 Å². The van der Waals surface area contributed by atoms with E-state index in [1.807, 2.05) is 35.9 Å². The van der Waals surface area contributed by atoms with Crippen LogP contribution in [0.5, 0.6) is 0 Å². The van der Waals surface area contributed by atoms with Crippen molar-refractivity contribution in [3.8, 4) is 11.3 Å². The highest BCUT2D eigenvalue weighted by molar-refractivity contribution is 6.31. The van der Waals surface area contributed by atoms with Crippen molar-refractivity contribution < 1.29 is 9.18 Å². The van der Waals surface area contributed by atoms with E-state index in [0.29, 0.717) is 11.4 Å². The Balaban J connectivity index is 1.80. The molecule has 0 spiro atoms. The molecule has 0 atom stereocenters. The van der Waals surface area contributed by atoms with Crippen LogP contribution in [0, 0.1) is 12.7 Å². The van der Waals surface area contributed by atoms with E-state index in [0.717, 1.165) is 16.8 Å². The molecule has 0 aliphatic carbocycles. The first kappa shape index (κ1) is 18.9. The summed E-state index contributed by atoms with van der Waals surface area (Å²) in [5.74, 6) is -0.535. The van der Waals surface area contributed by atoms with E-state index in [1.165, 1.54) is 18.2 Å². The molecule has 0 radical (unpaired) electrons. The van der Waals surface area contributed by atoms with Gasteiger partial charge in [0.25, 0.3) is 0 Å². The monoisotopic (exact) mass is 386 g/mol. The summed E-state index contributed by atoms with van der Waals surface area (Å²) in [6.07, 6.45) is 1.76. The number of rotatable bonds is 4. The number of hydrogen-bond donors (Lipinski definition) is 2. The largest absolute Gasteiger partial charge is 0.323 e. The van der Waals surface area contributed by atoms with Crippen LogP contribution in [0.15, 0.2) is 48.7 Å². The maximum atomic E-state index is 13.2. The summed E-state index contributed by atoms with van der Waals surface area (Å²) in [6, 6.07) is 11.4. The zero-order chi connectivity index (χ0) is 19.6. The van der Waals surface area contributed by atoms with Crippen molar-refractivity contribution in [1.29, 1.82) is 0 Å². The minimum Gasteiger partial charge on any atom is -0.308 e. The molecule has 1 heterocycles. The Morgan fingerprint density at radius 3 is 2.44 bits per heavy atom. The molecule has 0 aliphatic heterocycles. The van der Waals surface area contributed by atoms with E-state index < -0.39 is 11.8 Å². The van der Waals surface area contributed by atoms with Gasteiger partial charge < -0.3 is 10.6 Å². The minimum atomic E-state index is -0.535. The number of aryl methyl sites for hydroxylation is 1. The summed E-state index contributed by atoms with van der Waals surface area (Å²) in [5.41, 5.74) is 4.09. The van der Waals surface area contributed by atoms with E-state index in [1.54, 1.807) is 6.20 Å². The number of aromatic nitrogens is 2.